The smallest absolute Gasteiger partial charge is 0.135 e. The van der Waals surface area contributed by atoms with E-state index in [1.165, 1.54) is 12.1 Å². The molecule has 35 heavy (non-hydrogen) atoms. The van der Waals surface area contributed by atoms with Crippen LogP contribution in [0.1, 0.15) is 72.1 Å². The molecule has 7 nitrogen and oxygen atoms in total. The van der Waals surface area contributed by atoms with Gasteiger partial charge in [-0.3, -0.25) is 0 Å². The van der Waals surface area contributed by atoms with Crippen molar-refractivity contribution in [3.05, 3.63) is 12.3 Å². The zero-order valence-corrected chi connectivity index (χ0v) is 21.1. The van der Waals surface area contributed by atoms with Crippen LogP contribution in [0.5, 0.6) is 0 Å². The summed E-state index contributed by atoms with van der Waals surface area (Å²) in [6, 6.07) is 0. The van der Waals surface area contributed by atoms with Crippen LogP contribution < -0.4 is 0 Å². The van der Waals surface area contributed by atoms with E-state index in [1.54, 1.807) is 0 Å². The Balaban J connectivity index is 1.20. The van der Waals surface area contributed by atoms with Crippen molar-refractivity contribution < 1.29 is 0 Å². The molecule has 0 saturated carbocycles. The summed E-state index contributed by atoms with van der Waals surface area (Å²) in [7, 11) is 0. The average molecular weight is 470 g/mol. The molecular formula is C28H35N7. The molecule has 0 radical (unpaired) electrons. The van der Waals surface area contributed by atoms with Crippen LogP contribution >= 0.6 is 0 Å². The van der Waals surface area contributed by atoms with Crippen molar-refractivity contribution in [1.29, 1.82) is 0 Å². The molecule has 0 fully saturated rings. The number of rotatable bonds is 1. The molecule has 0 aromatic rings. The molecule has 7 heteroatoms. The van der Waals surface area contributed by atoms with Gasteiger partial charge in [-0.15, -0.1) is 0 Å². The molecule has 8 atom stereocenters. The van der Waals surface area contributed by atoms with E-state index < -0.39 is 0 Å². The fourth-order valence-electron chi connectivity index (χ4n) is 7.40. The maximum absolute atomic E-state index is 5.02. The molecule has 8 unspecified atom stereocenters. The van der Waals surface area contributed by atoms with Gasteiger partial charge in [0.05, 0.1) is 0 Å². The zero-order valence-electron chi connectivity index (χ0n) is 21.1. The van der Waals surface area contributed by atoms with Crippen molar-refractivity contribution >= 4 is 40.7 Å². The predicted octanol–water partition coefficient (Wildman–Crippen LogP) is 5.54. The molecule has 0 amide bonds. The summed E-state index contributed by atoms with van der Waals surface area (Å²) in [6.45, 7) is 10.8. The van der Waals surface area contributed by atoms with Gasteiger partial charge in [-0.25, -0.2) is 34.9 Å². The topological polar surface area (TPSA) is 86.5 Å². The van der Waals surface area contributed by atoms with Crippen LogP contribution in [0.15, 0.2) is 47.2 Å². The van der Waals surface area contributed by atoms with E-state index in [2.05, 4.69) is 27.4 Å². The summed E-state index contributed by atoms with van der Waals surface area (Å²) in [4.78, 5) is 34.5. The second kappa shape index (κ2) is 7.97. The van der Waals surface area contributed by atoms with Crippen molar-refractivity contribution in [2.45, 2.75) is 72.1 Å². The minimum atomic E-state index is 0.424. The SMILES string of the molecule is C=C1N=C2N=C3N=C4N=C5N=C6N=C7N=C(C)C(C)CC7CC6CC5CC4CC3CC2CC1CC. The molecule has 0 aromatic carbocycles. The van der Waals surface area contributed by atoms with Crippen molar-refractivity contribution in [3.8, 4) is 0 Å². The largest absolute Gasteiger partial charge is 0.242 e. The number of fused-ring (bicyclic) bond motifs is 6. The molecule has 0 spiro atoms. The van der Waals surface area contributed by atoms with E-state index in [-0.39, 0.29) is 0 Å². The molecule has 0 bridgehead atoms. The number of hydrogen-bond donors (Lipinski definition) is 0. The maximum atomic E-state index is 5.02. The Morgan fingerprint density at radius 1 is 0.571 bits per heavy atom. The molecule has 7 rings (SSSR count). The summed E-state index contributed by atoms with van der Waals surface area (Å²) in [5.74, 6) is 9.41. The molecule has 7 aliphatic rings. The Hall–Kier alpha value is -2.57. The van der Waals surface area contributed by atoms with Crippen LogP contribution in [0.3, 0.4) is 0 Å². The van der Waals surface area contributed by atoms with Crippen LogP contribution in [-0.4, -0.2) is 40.7 Å². The van der Waals surface area contributed by atoms with Gasteiger partial charge in [-0.05, 0) is 64.2 Å². The van der Waals surface area contributed by atoms with E-state index >= 15 is 0 Å². The molecule has 7 heterocycles. The number of aliphatic imine (C=N–C) groups is 7. The number of nitrogens with zero attached hydrogens (tertiary/aromatic N) is 7. The molecule has 7 aliphatic heterocycles. The molecular weight excluding hydrogens is 434 g/mol. The number of allylic oxidation sites excluding steroid dienone is 1. The highest BCUT2D eigenvalue weighted by atomic mass is 15.1. The number of hydrogen-bond acceptors (Lipinski definition) is 7. The van der Waals surface area contributed by atoms with Gasteiger partial charge in [0.25, 0.3) is 0 Å². The Morgan fingerprint density at radius 3 is 1.40 bits per heavy atom. The van der Waals surface area contributed by atoms with Gasteiger partial charge in [0, 0.05) is 52.8 Å². The van der Waals surface area contributed by atoms with Gasteiger partial charge in [0.15, 0.2) is 0 Å². The quantitative estimate of drug-likeness (QED) is 0.483. The van der Waals surface area contributed by atoms with E-state index in [1.807, 2.05) is 0 Å². The summed E-state index contributed by atoms with van der Waals surface area (Å²) in [5, 5.41) is 0. The lowest BCUT2D eigenvalue weighted by atomic mass is 9.71. The second-order valence-corrected chi connectivity index (χ2v) is 11.9. The van der Waals surface area contributed by atoms with Gasteiger partial charge >= 0.3 is 0 Å². The van der Waals surface area contributed by atoms with Crippen LogP contribution in [0.4, 0.5) is 0 Å². The lowest BCUT2D eigenvalue weighted by molar-refractivity contribution is 0.333. The third-order valence-electron chi connectivity index (χ3n) is 9.61. The van der Waals surface area contributed by atoms with Crippen LogP contribution in [0.25, 0.3) is 0 Å². The highest BCUT2D eigenvalue weighted by molar-refractivity contribution is 6.16. The third-order valence-corrected chi connectivity index (χ3v) is 9.61. The molecule has 0 N–H and O–H groups in total. The van der Waals surface area contributed by atoms with Gasteiger partial charge in [-0.2, -0.15) is 0 Å². The standard InChI is InChI=1S/C28H35N7/c1-5-16-7-18-9-20-11-22-12-21-10-19-8-17-6-13(2)14(3)29-23(17)31-25(19)33-27(21)35-28(22)34-26(20)32-24(18)30-15(16)4/h13,16-22H,4-12H2,1-3H3. The van der Waals surface area contributed by atoms with Gasteiger partial charge < -0.3 is 0 Å². The van der Waals surface area contributed by atoms with E-state index in [0.717, 1.165) is 85.7 Å². The molecule has 0 aromatic heterocycles. The first-order chi connectivity index (χ1) is 16.9. The summed E-state index contributed by atoms with van der Waals surface area (Å²) < 4.78 is 0. The van der Waals surface area contributed by atoms with Gasteiger partial charge in [0.1, 0.15) is 35.0 Å². The fourth-order valence-corrected chi connectivity index (χ4v) is 7.40. The molecule has 0 saturated heterocycles. The van der Waals surface area contributed by atoms with E-state index in [4.69, 9.17) is 34.9 Å². The minimum Gasteiger partial charge on any atom is -0.242 e. The van der Waals surface area contributed by atoms with Crippen molar-refractivity contribution in [2.24, 2.45) is 82.3 Å². The highest BCUT2D eigenvalue weighted by Gasteiger charge is 2.45. The first kappa shape index (κ1) is 21.7. The second-order valence-electron chi connectivity index (χ2n) is 11.9. The maximum Gasteiger partial charge on any atom is 0.135 e. The monoisotopic (exact) mass is 469 g/mol. The van der Waals surface area contributed by atoms with E-state index in [9.17, 15) is 0 Å². The summed E-state index contributed by atoms with van der Waals surface area (Å²) in [5.41, 5.74) is 2.18. The van der Waals surface area contributed by atoms with Gasteiger partial charge in [0.2, 0.25) is 0 Å². The Morgan fingerprint density at radius 2 is 0.943 bits per heavy atom. The first-order valence-electron chi connectivity index (χ1n) is 13.7. The summed E-state index contributed by atoms with van der Waals surface area (Å²) in [6.07, 6.45) is 9.03. The van der Waals surface area contributed by atoms with E-state index in [0.29, 0.717) is 47.3 Å². The fraction of sp³-hybridized carbons (Fsp3) is 0.679. The third kappa shape index (κ3) is 3.56. The average Bonchev–Trinajstić information content (AvgIpc) is 2.83. The van der Waals surface area contributed by atoms with Crippen molar-refractivity contribution in [1.82, 2.24) is 0 Å². The Bertz CT molecular complexity index is 1210. The normalized spacial score (nSPS) is 41.6. The Labute approximate surface area is 207 Å². The Kier molecular flexibility index (Phi) is 4.94. The van der Waals surface area contributed by atoms with Crippen LogP contribution in [-0.2, 0) is 0 Å². The van der Waals surface area contributed by atoms with Crippen molar-refractivity contribution in [2.75, 3.05) is 0 Å². The minimum absolute atomic E-state index is 0.424. The number of amidine groups is 6. The lowest BCUT2D eigenvalue weighted by Gasteiger charge is -2.41. The van der Waals surface area contributed by atoms with Crippen LogP contribution in [0.2, 0.25) is 0 Å². The molecule has 0 aliphatic carbocycles. The van der Waals surface area contributed by atoms with Crippen LogP contribution in [0, 0.1) is 47.3 Å². The predicted molar refractivity (Wildman–Crippen MR) is 143 cm³/mol. The summed E-state index contributed by atoms with van der Waals surface area (Å²) >= 11 is 0. The zero-order chi connectivity index (χ0) is 23.8. The lowest BCUT2D eigenvalue weighted by Crippen LogP contribution is -2.43. The highest BCUT2D eigenvalue weighted by Crippen LogP contribution is 2.44. The van der Waals surface area contributed by atoms with Gasteiger partial charge in [-0.1, -0.05) is 20.4 Å². The van der Waals surface area contributed by atoms with Crippen molar-refractivity contribution in [3.63, 3.8) is 0 Å². The molecule has 182 valence electrons. The first-order valence-corrected chi connectivity index (χ1v) is 13.7.